The van der Waals surface area contributed by atoms with Crippen molar-refractivity contribution in [3.05, 3.63) is 35.9 Å². The first-order valence-corrected chi connectivity index (χ1v) is 7.42. The summed E-state index contributed by atoms with van der Waals surface area (Å²) >= 11 is 0. The smallest absolute Gasteiger partial charge is 0.416 e. The topological polar surface area (TPSA) is 80.2 Å². The summed E-state index contributed by atoms with van der Waals surface area (Å²) in [6.07, 6.45) is -3.62. The number of aromatic nitrogens is 2. The van der Waals surface area contributed by atoms with Gasteiger partial charge in [-0.15, -0.1) is 10.2 Å². The van der Waals surface area contributed by atoms with Crippen molar-refractivity contribution >= 4 is 9.84 Å². The molecule has 1 N–H and O–H groups in total. The second-order valence-corrected chi connectivity index (χ2v) is 6.22. The molecule has 0 radical (unpaired) electrons. The molecule has 1 aromatic carbocycles. The number of alkyl halides is 3. The second kappa shape index (κ2) is 4.99. The van der Waals surface area contributed by atoms with E-state index in [1.165, 1.54) is 6.07 Å². The molecule has 2 aromatic rings. The van der Waals surface area contributed by atoms with Crippen molar-refractivity contribution < 1.29 is 26.7 Å². The van der Waals surface area contributed by atoms with Crippen molar-refractivity contribution in [2.75, 3.05) is 6.26 Å². The molecule has 0 unspecified atom stereocenters. The molecule has 0 aliphatic carbocycles. The van der Waals surface area contributed by atoms with Crippen molar-refractivity contribution in [1.29, 1.82) is 0 Å². The number of hydrogen-bond acceptors (Lipinski definition) is 5. The van der Waals surface area contributed by atoms with Crippen LogP contribution in [0.2, 0.25) is 0 Å². The van der Waals surface area contributed by atoms with Crippen LogP contribution in [0.4, 0.5) is 13.2 Å². The quantitative estimate of drug-likeness (QED) is 0.919. The highest BCUT2D eigenvalue weighted by Gasteiger charge is 2.31. The Labute approximate surface area is 118 Å². The van der Waals surface area contributed by atoms with Crippen LogP contribution in [0.1, 0.15) is 5.56 Å². The van der Waals surface area contributed by atoms with Crippen LogP contribution in [0.15, 0.2) is 35.4 Å². The standard InChI is InChI=1S/C12H9F3N2O3S/c1-21(19,20)11-5-4-9(16-17-11)8-3-2-7(6-10(8)18)12(13,14)15/h2-6,18H,1H3. The van der Waals surface area contributed by atoms with Crippen LogP contribution >= 0.6 is 0 Å². The lowest BCUT2D eigenvalue weighted by molar-refractivity contribution is -0.137. The highest BCUT2D eigenvalue weighted by Crippen LogP contribution is 2.35. The zero-order valence-electron chi connectivity index (χ0n) is 10.6. The Morgan fingerprint density at radius 3 is 2.19 bits per heavy atom. The van der Waals surface area contributed by atoms with Gasteiger partial charge < -0.3 is 5.11 Å². The third kappa shape index (κ3) is 3.30. The number of phenols is 1. The van der Waals surface area contributed by atoms with Crippen molar-refractivity contribution in [1.82, 2.24) is 10.2 Å². The van der Waals surface area contributed by atoms with Crippen LogP contribution in [0.25, 0.3) is 11.3 Å². The monoisotopic (exact) mass is 318 g/mol. The summed E-state index contributed by atoms with van der Waals surface area (Å²) in [6, 6.07) is 4.82. The maximum atomic E-state index is 12.5. The SMILES string of the molecule is CS(=O)(=O)c1ccc(-c2ccc(C(F)(F)F)cc2O)nn1. The van der Waals surface area contributed by atoms with Gasteiger partial charge in [-0.05, 0) is 30.3 Å². The fraction of sp³-hybridized carbons (Fsp3) is 0.167. The third-order valence-corrected chi connectivity index (χ3v) is 3.60. The summed E-state index contributed by atoms with van der Waals surface area (Å²) in [5, 5.41) is 16.5. The highest BCUT2D eigenvalue weighted by molar-refractivity contribution is 7.90. The molecule has 9 heteroatoms. The van der Waals surface area contributed by atoms with Gasteiger partial charge in [0.15, 0.2) is 14.9 Å². The summed E-state index contributed by atoms with van der Waals surface area (Å²) in [5.74, 6) is -0.619. The third-order valence-electron chi connectivity index (χ3n) is 2.62. The van der Waals surface area contributed by atoms with Gasteiger partial charge in [-0.2, -0.15) is 13.2 Å². The van der Waals surface area contributed by atoms with E-state index in [9.17, 15) is 26.7 Å². The Morgan fingerprint density at radius 2 is 1.76 bits per heavy atom. The molecule has 0 atom stereocenters. The molecular formula is C12H9F3N2O3S. The van der Waals surface area contributed by atoms with Crippen LogP contribution in [0.3, 0.4) is 0 Å². The van der Waals surface area contributed by atoms with Gasteiger partial charge in [-0.25, -0.2) is 8.42 Å². The fourth-order valence-corrected chi connectivity index (χ4v) is 2.09. The van der Waals surface area contributed by atoms with Gasteiger partial charge in [0, 0.05) is 11.8 Å². The largest absolute Gasteiger partial charge is 0.507 e. The van der Waals surface area contributed by atoms with E-state index in [1.807, 2.05) is 0 Å². The molecule has 5 nitrogen and oxygen atoms in total. The number of aromatic hydroxyl groups is 1. The number of benzene rings is 1. The van der Waals surface area contributed by atoms with Gasteiger partial charge >= 0.3 is 6.18 Å². The predicted octanol–water partition coefficient (Wildman–Crippen LogP) is 2.27. The molecule has 0 saturated carbocycles. The number of hydrogen-bond donors (Lipinski definition) is 1. The molecule has 0 spiro atoms. The van der Waals surface area contributed by atoms with E-state index in [4.69, 9.17) is 0 Å². The first-order valence-electron chi connectivity index (χ1n) is 5.53. The van der Waals surface area contributed by atoms with E-state index < -0.39 is 27.3 Å². The average Bonchev–Trinajstić information content (AvgIpc) is 2.36. The Bertz CT molecular complexity index is 771. The molecule has 0 fully saturated rings. The normalized spacial score (nSPS) is 12.4. The minimum absolute atomic E-state index is 0.0237. The molecule has 1 heterocycles. The molecule has 0 saturated heterocycles. The van der Waals surface area contributed by atoms with Crippen LogP contribution in [0.5, 0.6) is 5.75 Å². The van der Waals surface area contributed by atoms with Gasteiger partial charge in [0.25, 0.3) is 0 Å². The van der Waals surface area contributed by atoms with Crippen molar-refractivity contribution in [2.24, 2.45) is 0 Å². The zero-order valence-corrected chi connectivity index (χ0v) is 11.4. The van der Waals surface area contributed by atoms with Gasteiger partial charge in [0.2, 0.25) is 0 Å². The molecule has 2 rings (SSSR count). The fourth-order valence-electron chi connectivity index (χ4n) is 1.59. The van der Waals surface area contributed by atoms with E-state index in [0.29, 0.717) is 6.07 Å². The van der Waals surface area contributed by atoms with Gasteiger partial charge in [0.05, 0.1) is 11.3 Å². The summed E-state index contributed by atoms with van der Waals surface area (Å²) in [5.41, 5.74) is -0.909. The van der Waals surface area contributed by atoms with Gasteiger partial charge in [-0.1, -0.05) is 0 Å². The molecule has 21 heavy (non-hydrogen) atoms. The predicted molar refractivity (Wildman–Crippen MR) is 67.2 cm³/mol. The lowest BCUT2D eigenvalue weighted by atomic mass is 10.1. The van der Waals surface area contributed by atoms with Crippen LogP contribution in [-0.4, -0.2) is 30.0 Å². The lowest BCUT2D eigenvalue weighted by Gasteiger charge is -2.09. The molecule has 112 valence electrons. The maximum absolute atomic E-state index is 12.5. The zero-order chi connectivity index (χ0) is 15.8. The van der Waals surface area contributed by atoms with Crippen molar-refractivity contribution in [3.63, 3.8) is 0 Å². The van der Waals surface area contributed by atoms with Crippen molar-refractivity contribution in [3.8, 4) is 17.0 Å². The van der Waals surface area contributed by atoms with E-state index >= 15 is 0 Å². The number of nitrogens with zero attached hydrogens (tertiary/aromatic N) is 2. The van der Waals surface area contributed by atoms with E-state index in [2.05, 4.69) is 10.2 Å². The molecule has 0 aliphatic heterocycles. The van der Waals surface area contributed by atoms with Crippen LogP contribution in [-0.2, 0) is 16.0 Å². The van der Waals surface area contributed by atoms with Gasteiger partial charge in [0.1, 0.15) is 5.75 Å². The number of sulfone groups is 1. The maximum Gasteiger partial charge on any atom is 0.416 e. The summed E-state index contributed by atoms with van der Waals surface area (Å²) < 4.78 is 59.9. The Kier molecular flexibility index (Phi) is 3.62. The average molecular weight is 318 g/mol. The number of phenolic OH excluding ortho intramolecular Hbond substituents is 1. The van der Waals surface area contributed by atoms with Crippen molar-refractivity contribution in [2.45, 2.75) is 11.2 Å². The summed E-state index contributed by atoms with van der Waals surface area (Å²) in [7, 11) is -3.52. The van der Waals surface area contributed by atoms with Crippen LogP contribution < -0.4 is 0 Å². The number of rotatable bonds is 2. The molecule has 0 bridgehead atoms. The summed E-state index contributed by atoms with van der Waals surface area (Å²) in [4.78, 5) is 0. The Morgan fingerprint density at radius 1 is 1.10 bits per heavy atom. The van der Waals surface area contributed by atoms with E-state index in [-0.39, 0.29) is 16.3 Å². The minimum atomic E-state index is -4.57. The summed E-state index contributed by atoms with van der Waals surface area (Å²) in [6.45, 7) is 0. The first kappa shape index (κ1) is 15.2. The second-order valence-electron chi connectivity index (χ2n) is 4.26. The van der Waals surface area contributed by atoms with E-state index in [1.54, 1.807) is 0 Å². The first-order chi connectivity index (χ1) is 9.59. The van der Waals surface area contributed by atoms with E-state index in [0.717, 1.165) is 24.5 Å². The number of halogens is 3. The van der Waals surface area contributed by atoms with Gasteiger partial charge in [-0.3, -0.25) is 0 Å². The molecule has 1 aromatic heterocycles. The Balaban J connectivity index is 2.44. The minimum Gasteiger partial charge on any atom is -0.507 e. The molecule has 0 aliphatic rings. The molecular weight excluding hydrogens is 309 g/mol. The highest BCUT2D eigenvalue weighted by atomic mass is 32.2. The Hall–Kier alpha value is -2.16. The van der Waals surface area contributed by atoms with Crippen LogP contribution in [0, 0.1) is 0 Å². The molecule has 0 amide bonds. The lowest BCUT2D eigenvalue weighted by Crippen LogP contribution is -2.05.